The fourth-order valence-corrected chi connectivity index (χ4v) is 2.06. The second kappa shape index (κ2) is 5.64. The van der Waals surface area contributed by atoms with E-state index in [1.165, 1.54) is 0 Å². The van der Waals surface area contributed by atoms with E-state index in [4.69, 9.17) is 0 Å². The zero-order valence-corrected chi connectivity index (χ0v) is 12.7. The maximum atomic E-state index is 11.7. The molecular weight excluding hydrogens is 254 g/mol. The lowest BCUT2D eigenvalue weighted by molar-refractivity contribution is -0.119. The highest BCUT2D eigenvalue weighted by molar-refractivity contribution is 5.81. The van der Waals surface area contributed by atoms with Gasteiger partial charge in [0.05, 0.1) is 6.54 Å². The Morgan fingerprint density at radius 2 is 2.10 bits per heavy atom. The summed E-state index contributed by atoms with van der Waals surface area (Å²) in [5.74, 6) is 2.42. The number of nitrogens with one attached hydrogen (secondary N) is 2. The first-order valence-corrected chi connectivity index (χ1v) is 6.99. The summed E-state index contributed by atoms with van der Waals surface area (Å²) >= 11 is 0. The van der Waals surface area contributed by atoms with Gasteiger partial charge in [0.1, 0.15) is 17.5 Å². The Kier molecular flexibility index (Phi) is 4.11. The lowest BCUT2D eigenvalue weighted by Gasteiger charge is -2.24. The van der Waals surface area contributed by atoms with Crippen LogP contribution in [0.25, 0.3) is 0 Å². The maximum Gasteiger partial charge on any atom is 0.239 e. The van der Waals surface area contributed by atoms with E-state index in [0.717, 1.165) is 37.0 Å². The van der Waals surface area contributed by atoms with Gasteiger partial charge in [-0.3, -0.25) is 4.79 Å². The van der Waals surface area contributed by atoms with Gasteiger partial charge in [-0.05, 0) is 6.42 Å². The molecule has 1 saturated heterocycles. The fraction of sp³-hybridized carbons (Fsp3) is 0.643. The summed E-state index contributed by atoms with van der Waals surface area (Å²) in [6, 6.07) is 1.90. The van der Waals surface area contributed by atoms with Crippen LogP contribution in [0.2, 0.25) is 0 Å². The van der Waals surface area contributed by atoms with E-state index in [1.807, 2.05) is 18.0 Å². The second-order valence-electron chi connectivity index (χ2n) is 6.06. The van der Waals surface area contributed by atoms with Crippen molar-refractivity contribution in [3.05, 3.63) is 11.9 Å². The Bertz CT molecular complexity index is 495. The third-order valence-electron chi connectivity index (χ3n) is 3.23. The highest BCUT2D eigenvalue weighted by Crippen LogP contribution is 2.24. The largest absolute Gasteiger partial charge is 0.373 e. The SMILES string of the molecule is CNc1cc(N2CCCNC(=O)C2)nc(C(C)(C)C)n1. The maximum absolute atomic E-state index is 11.7. The number of anilines is 2. The van der Waals surface area contributed by atoms with Gasteiger partial charge in [0.25, 0.3) is 0 Å². The third-order valence-corrected chi connectivity index (χ3v) is 3.23. The Morgan fingerprint density at radius 1 is 1.35 bits per heavy atom. The van der Waals surface area contributed by atoms with Crippen LogP contribution in [0.1, 0.15) is 33.0 Å². The van der Waals surface area contributed by atoms with Crippen molar-refractivity contribution < 1.29 is 4.79 Å². The highest BCUT2D eigenvalue weighted by atomic mass is 16.2. The number of carbonyl (C=O) groups is 1. The quantitative estimate of drug-likeness (QED) is 0.848. The molecule has 0 atom stereocenters. The van der Waals surface area contributed by atoms with Crippen LogP contribution in [0.15, 0.2) is 6.07 Å². The Labute approximate surface area is 120 Å². The smallest absolute Gasteiger partial charge is 0.239 e. The summed E-state index contributed by atoms with van der Waals surface area (Å²) in [6.07, 6.45) is 0.926. The first-order valence-electron chi connectivity index (χ1n) is 6.99. The summed E-state index contributed by atoms with van der Waals surface area (Å²) in [5, 5.41) is 5.95. The molecule has 0 radical (unpaired) electrons. The van der Waals surface area contributed by atoms with Gasteiger partial charge in [-0.2, -0.15) is 0 Å². The Morgan fingerprint density at radius 3 is 2.75 bits per heavy atom. The Balaban J connectivity index is 2.36. The lowest BCUT2D eigenvalue weighted by Crippen LogP contribution is -2.34. The van der Waals surface area contributed by atoms with Gasteiger partial charge in [-0.1, -0.05) is 20.8 Å². The molecule has 0 aromatic carbocycles. The summed E-state index contributed by atoms with van der Waals surface area (Å²) in [5.41, 5.74) is -0.129. The highest BCUT2D eigenvalue weighted by Gasteiger charge is 2.22. The number of rotatable bonds is 2. The van der Waals surface area contributed by atoms with Crippen molar-refractivity contribution in [3.8, 4) is 0 Å². The van der Waals surface area contributed by atoms with Gasteiger partial charge in [0, 0.05) is 31.6 Å². The van der Waals surface area contributed by atoms with E-state index in [1.54, 1.807) is 0 Å². The van der Waals surface area contributed by atoms with Crippen molar-refractivity contribution >= 4 is 17.5 Å². The number of nitrogens with zero attached hydrogens (tertiary/aromatic N) is 3. The molecule has 0 spiro atoms. The van der Waals surface area contributed by atoms with Crippen molar-refractivity contribution in [2.24, 2.45) is 0 Å². The molecule has 0 bridgehead atoms. The molecule has 1 aliphatic rings. The normalized spacial score (nSPS) is 16.6. The van der Waals surface area contributed by atoms with Crippen LogP contribution in [-0.4, -0.2) is 42.6 Å². The predicted octanol–water partition coefficient (Wildman–Crippen LogP) is 1.14. The van der Waals surface area contributed by atoms with Crippen LogP contribution in [0.4, 0.5) is 11.6 Å². The van der Waals surface area contributed by atoms with E-state index in [9.17, 15) is 4.79 Å². The molecule has 1 aromatic heterocycles. The average molecular weight is 277 g/mol. The molecule has 6 heteroatoms. The van der Waals surface area contributed by atoms with E-state index in [2.05, 4.69) is 41.4 Å². The molecule has 0 aliphatic carbocycles. The van der Waals surface area contributed by atoms with Gasteiger partial charge in [0.15, 0.2) is 0 Å². The van der Waals surface area contributed by atoms with E-state index in [0.29, 0.717) is 6.54 Å². The molecule has 2 N–H and O–H groups in total. The van der Waals surface area contributed by atoms with E-state index >= 15 is 0 Å². The van der Waals surface area contributed by atoms with Gasteiger partial charge >= 0.3 is 0 Å². The molecule has 0 saturated carbocycles. The van der Waals surface area contributed by atoms with Crippen molar-refractivity contribution in [2.75, 3.05) is 36.9 Å². The Hall–Kier alpha value is -1.85. The van der Waals surface area contributed by atoms with Gasteiger partial charge in [-0.15, -0.1) is 0 Å². The van der Waals surface area contributed by atoms with E-state index in [-0.39, 0.29) is 11.3 Å². The number of hydrogen-bond donors (Lipinski definition) is 2. The fourth-order valence-electron chi connectivity index (χ4n) is 2.06. The first-order chi connectivity index (χ1) is 9.40. The molecule has 110 valence electrons. The monoisotopic (exact) mass is 277 g/mol. The van der Waals surface area contributed by atoms with Crippen LogP contribution in [0, 0.1) is 0 Å². The minimum Gasteiger partial charge on any atom is -0.373 e. The molecule has 1 amide bonds. The number of hydrogen-bond acceptors (Lipinski definition) is 5. The van der Waals surface area contributed by atoms with Crippen molar-refractivity contribution in [3.63, 3.8) is 0 Å². The number of amides is 1. The topological polar surface area (TPSA) is 70.2 Å². The number of carbonyl (C=O) groups excluding carboxylic acids is 1. The molecule has 1 aliphatic heterocycles. The van der Waals surface area contributed by atoms with Gasteiger partial charge in [-0.25, -0.2) is 9.97 Å². The zero-order chi connectivity index (χ0) is 14.8. The zero-order valence-electron chi connectivity index (χ0n) is 12.7. The van der Waals surface area contributed by atoms with Crippen LogP contribution in [0.5, 0.6) is 0 Å². The summed E-state index contributed by atoms with van der Waals surface area (Å²) < 4.78 is 0. The lowest BCUT2D eigenvalue weighted by atomic mass is 9.96. The van der Waals surface area contributed by atoms with E-state index < -0.39 is 0 Å². The van der Waals surface area contributed by atoms with Crippen molar-refractivity contribution in [2.45, 2.75) is 32.6 Å². The minimum absolute atomic E-state index is 0.0458. The molecule has 20 heavy (non-hydrogen) atoms. The first kappa shape index (κ1) is 14.6. The summed E-state index contributed by atoms with van der Waals surface area (Å²) in [6.45, 7) is 8.15. The molecule has 2 heterocycles. The minimum atomic E-state index is -0.129. The van der Waals surface area contributed by atoms with Gasteiger partial charge < -0.3 is 15.5 Å². The molecule has 6 nitrogen and oxygen atoms in total. The van der Waals surface area contributed by atoms with Crippen molar-refractivity contribution in [1.29, 1.82) is 0 Å². The van der Waals surface area contributed by atoms with Crippen LogP contribution < -0.4 is 15.5 Å². The van der Waals surface area contributed by atoms with Crippen molar-refractivity contribution in [1.82, 2.24) is 15.3 Å². The van der Waals surface area contributed by atoms with Crippen LogP contribution in [-0.2, 0) is 10.2 Å². The molecular formula is C14H23N5O. The molecule has 2 rings (SSSR count). The molecule has 1 fully saturated rings. The summed E-state index contributed by atoms with van der Waals surface area (Å²) in [7, 11) is 1.84. The third kappa shape index (κ3) is 3.37. The van der Waals surface area contributed by atoms with Crippen LogP contribution in [0.3, 0.4) is 0 Å². The van der Waals surface area contributed by atoms with Gasteiger partial charge in [0.2, 0.25) is 5.91 Å². The average Bonchev–Trinajstić information content (AvgIpc) is 2.62. The predicted molar refractivity (Wildman–Crippen MR) is 80.1 cm³/mol. The standard InChI is InChI=1S/C14H23N5O/c1-14(2,3)13-17-10(15-4)8-11(18-13)19-7-5-6-16-12(20)9-19/h8H,5-7,9H2,1-4H3,(H,16,20)(H,15,17,18). The molecule has 1 aromatic rings. The number of aromatic nitrogens is 2. The second-order valence-corrected chi connectivity index (χ2v) is 6.06. The molecule has 0 unspecified atom stereocenters. The van der Waals surface area contributed by atoms with Crippen LogP contribution >= 0.6 is 0 Å². The summed E-state index contributed by atoms with van der Waals surface area (Å²) in [4.78, 5) is 22.9.